The Balaban J connectivity index is 0.000000541. The van der Waals surface area contributed by atoms with E-state index in [2.05, 4.69) is 38.4 Å². The Morgan fingerprint density at radius 1 is 1.30 bits per heavy atom. The quantitative estimate of drug-likeness (QED) is 0.442. The summed E-state index contributed by atoms with van der Waals surface area (Å²) in [6.07, 6.45) is 3.31. The minimum Gasteiger partial charge on any atom is -0.465 e. The Hall–Kier alpha value is -3.17. The Morgan fingerprint density at radius 2 is 1.93 bits per heavy atom. The molecule has 0 aliphatic heterocycles. The summed E-state index contributed by atoms with van der Waals surface area (Å²) >= 11 is 5.81. The smallest absolute Gasteiger partial charge is 0.408 e. The van der Waals surface area contributed by atoms with Crippen LogP contribution in [0.25, 0.3) is 0 Å². The van der Waals surface area contributed by atoms with Gasteiger partial charge in [-0.1, -0.05) is 29.4 Å². The lowest BCUT2D eigenvalue weighted by molar-refractivity contribution is 0.0535. The number of carboxylic acid groups (broad SMARTS) is 1. The number of ether oxygens (including phenoxy) is 1. The number of amides is 2. The summed E-state index contributed by atoms with van der Waals surface area (Å²) in [4.78, 5) is 28.6. The fourth-order valence-corrected chi connectivity index (χ4v) is 1.66. The topological polar surface area (TPSA) is 139 Å². The maximum atomic E-state index is 10.8. The molecule has 0 atom stereocenters. The van der Waals surface area contributed by atoms with Crippen molar-refractivity contribution in [3.63, 3.8) is 0 Å². The molecule has 1 aromatic rings. The first-order valence-electron chi connectivity index (χ1n) is 7.62. The molecule has 0 saturated heterocycles. The molecule has 1 rings (SSSR count). The van der Waals surface area contributed by atoms with Gasteiger partial charge in [0.2, 0.25) is 5.95 Å². The maximum Gasteiger partial charge on any atom is 0.408 e. The minimum atomic E-state index is -1.13. The number of nitrogen functional groups attached to an aromatic ring is 1. The number of carbonyl (C=O) groups excluding carboxylic acids is 1. The Labute approximate surface area is 163 Å². The van der Waals surface area contributed by atoms with E-state index in [1.807, 2.05) is 0 Å². The number of hydrogen-bond acceptors (Lipinski definition) is 6. The van der Waals surface area contributed by atoms with Crippen molar-refractivity contribution >= 4 is 29.7 Å². The van der Waals surface area contributed by atoms with Crippen molar-refractivity contribution < 1.29 is 19.4 Å². The first-order chi connectivity index (χ1) is 12.5. The summed E-state index contributed by atoms with van der Waals surface area (Å²) in [7, 11) is 0. The van der Waals surface area contributed by atoms with Gasteiger partial charge in [0.1, 0.15) is 5.60 Å². The third-order valence-corrected chi connectivity index (χ3v) is 2.61. The van der Waals surface area contributed by atoms with Crippen LogP contribution in [0.3, 0.4) is 0 Å². The Kier molecular flexibility index (Phi) is 10.1. The van der Waals surface area contributed by atoms with Crippen molar-refractivity contribution in [2.24, 2.45) is 0 Å². The molecule has 9 nitrogen and oxygen atoms in total. The molecule has 0 aliphatic rings. The normalized spacial score (nSPS) is 9.48. The van der Waals surface area contributed by atoms with Crippen LogP contribution < -0.4 is 16.4 Å². The largest absolute Gasteiger partial charge is 0.465 e. The summed E-state index contributed by atoms with van der Waals surface area (Å²) in [6.45, 7) is 7.29. The van der Waals surface area contributed by atoms with Gasteiger partial charge in [0, 0.05) is 0 Å². The highest BCUT2D eigenvalue weighted by Crippen LogP contribution is 2.15. The number of alkyl carbamates (subject to hydrolysis) is 1. The van der Waals surface area contributed by atoms with Crippen molar-refractivity contribution in [1.29, 1.82) is 0 Å². The SMILES string of the molecule is C#CCNC(=O)OC(C)(C)C.Cc1nc(N)nc(Cl)c1C#CCNC(=O)O. The molecule has 0 bridgehead atoms. The summed E-state index contributed by atoms with van der Waals surface area (Å²) in [5.41, 5.74) is 5.92. The van der Waals surface area contributed by atoms with E-state index < -0.39 is 17.8 Å². The van der Waals surface area contributed by atoms with Crippen molar-refractivity contribution in [3.05, 3.63) is 16.4 Å². The zero-order chi connectivity index (χ0) is 21.0. The zero-order valence-corrected chi connectivity index (χ0v) is 16.3. The highest BCUT2D eigenvalue weighted by Gasteiger charge is 2.14. The van der Waals surface area contributed by atoms with E-state index in [0.29, 0.717) is 11.3 Å². The average molecular weight is 396 g/mol. The predicted molar refractivity (Wildman–Crippen MR) is 102 cm³/mol. The van der Waals surface area contributed by atoms with Crippen LogP contribution in [-0.2, 0) is 4.74 Å². The van der Waals surface area contributed by atoms with E-state index in [1.54, 1.807) is 27.7 Å². The number of carbonyl (C=O) groups is 2. The van der Waals surface area contributed by atoms with E-state index >= 15 is 0 Å². The van der Waals surface area contributed by atoms with Gasteiger partial charge in [-0.25, -0.2) is 14.6 Å². The second-order valence-corrected chi connectivity index (χ2v) is 6.21. The van der Waals surface area contributed by atoms with Crippen LogP contribution in [0.15, 0.2) is 0 Å². The summed E-state index contributed by atoms with van der Waals surface area (Å²) in [6, 6.07) is 0. The minimum absolute atomic E-state index is 0.00940. The standard InChI is InChI=1S/C9H9ClN4O2.C8H13NO2/c1-5-6(3-2-4-12-9(15)16)7(10)14-8(11)13-5;1-5-6-9-7(10)11-8(2,3)4/h12H,4H2,1H3,(H,15,16)(H2,11,13,14);1H,6H2,2-4H3,(H,9,10). The third-order valence-electron chi connectivity index (χ3n) is 2.34. The van der Waals surface area contributed by atoms with Crippen molar-refractivity contribution in [2.75, 3.05) is 18.8 Å². The van der Waals surface area contributed by atoms with Crippen LogP contribution >= 0.6 is 11.6 Å². The van der Waals surface area contributed by atoms with Gasteiger partial charge in [-0.15, -0.1) is 6.42 Å². The lowest BCUT2D eigenvalue weighted by Crippen LogP contribution is -2.32. The van der Waals surface area contributed by atoms with Gasteiger partial charge >= 0.3 is 12.2 Å². The van der Waals surface area contributed by atoms with E-state index in [1.165, 1.54) is 0 Å². The molecule has 0 saturated carbocycles. The fourth-order valence-electron chi connectivity index (χ4n) is 1.39. The summed E-state index contributed by atoms with van der Waals surface area (Å²) in [5, 5.41) is 13.0. The second-order valence-electron chi connectivity index (χ2n) is 5.85. The molecular weight excluding hydrogens is 374 g/mol. The molecule has 1 aromatic heterocycles. The first kappa shape index (κ1) is 23.8. The maximum absolute atomic E-state index is 10.8. The highest BCUT2D eigenvalue weighted by molar-refractivity contribution is 6.30. The molecule has 1 heterocycles. The fraction of sp³-hybridized carbons (Fsp3) is 0.412. The molecule has 10 heteroatoms. The third kappa shape index (κ3) is 11.9. The second kappa shape index (κ2) is 11.4. The number of aryl methyl sites for hydroxylation is 1. The summed E-state index contributed by atoms with van der Waals surface area (Å²) < 4.78 is 4.89. The number of nitrogens with zero attached hydrogens (tertiary/aromatic N) is 2. The molecule has 5 N–H and O–H groups in total. The molecule has 0 spiro atoms. The first-order valence-corrected chi connectivity index (χ1v) is 7.99. The van der Waals surface area contributed by atoms with Gasteiger partial charge in [0.05, 0.1) is 24.3 Å². The number of hydrogen-bond donors (Lipinski definition) is 4. The lowest BCUT2D eigenvalue weighted by atomic mass is 10.2. The molecule has 0 unspecified atom stereocenters. The van der Waals surface area contributed by atoms with E-state index in [4.69, 9.17) is 33.6 Å². The van der Waals surface area contributed by atoms with Crippen molar-refractivity contribution in [2.45, 2.75) is 33.3 Å². The van der Waals surface area contributed by atoms with Gasteiger partial charge < -0.3 is 26.2 Å². The number of aromatic nitrogens is 2. The van der Waals surface area contributed by atoms with Crippen LogP contribution in [0.1, 0.15) is 32.0 Å². The monoisotopic (exact) mass is 395 g/mol. The zero-order valence-electron chi connectivity index (χ0n) is 15.5. The average Bonchev–Trinajstić information content (AvgIpc) is 2.50. The number of anilines is 1. The predicted octanol–water partition coefficient (Wildman–Crippen LogP) is 1.78. The Bertz CT molecular complexity index is 749. The van der Waals surface area contributed by atoms with Crippen molar-refractivity contribution in [3.8, 4) is 24.2 Å². The number of nitrogens with two attached hydrogens (primary N) is 1. The molecule has 0 fully saturated rings. The van der Waals surface area contributed by atoms with Gasteiger partial charge in [-0.05, 0) is 27.7 Å². The summed E-state index contributed by atoms with van der Waals surface area (Å²) in [5.74, 6) is 7.62. The van der Waals surface area contributed by atoms with E-state index in [9.17, 15) is 9.59 Å². The lowest BCUT2D eigenvalue weighted by Gasteiger charge is -2.18. The van der Waals surface area contributed by atoms with E-state index in [0.717, 1.165) is 0 Å². The van der Waals surface area contributed by atoms with Crippen LogP contribution in [0.5, 0.6) is 0 Å². The molecule has 2 amide bonds. The van der Waals surface area contributed by atoms with Gasteiger partial charge in [0.25, 0.3) is 0 Å². The highest BCUT2D eigenvalue weighted by atomic mass is 35.5. The van der Waals surface area contributed by atoms with Gasteiger partial charge in [-0.3, -0.25) is 0 Å². The van der Waals surface area contributed by atoms with Crippen molar-refractivity contribution in [1.82, 2.24) is 20.6 Å². The van der Waals surface area contributed by atoms with Crippen LogP contribution in [0.4, 0.5) is 15.5 Å². The van der Waals surface area contributed by atoms with Gasteiger partial charge in [-0.2, -0.15) is 4.98 Å². The molecular formula is C17H22ClN5O4. The number of nitrogens with one attached hydrogen (secondary N) is 2. The molecule has 146 valence electrons. The van der Waals surface area contributed by atoms with Crippen LogP contribution in [-0.4, -0.2) is 46.0 Å². The molecule has 0 aliphatic carbocycles. The van der Waals surface area contributed by atoms with Gasteiger partial charge in [0.15, 0.2) is 5.15 Å². The number of rotatable bonds is 2. The molecule has 27 heavy (non-hydrogen) atoms. The number of terminal acetylenes is 1. The van der Waals surface area contributed by atoms with Crippen LogP contribution in [0, 0.1) is 31.1 Å². The van der Waals surface area contributed by atoms with Crippen LogP contribution in [0.2, 0.25) is 5.15 Å². The van der Waals surface area contributed by atoms with E-state index in [-0.39, 0.29) is 24.2 Å². The number of halogens is 1. The molecule has 0 radical (unpaired) electrons. The Morgan fingerprint density at radius 3 is 2.41 bits per heavy atom. The molecule has 0 aromatic carbocycles.